The van der Waals surface area contributed by atoms with E-state index in [2.05, 4.69) is 4.99 Å². The molecule has 0 radical (unpaired) electrons. The van der Waals surface area contributed by atoms with Crippen LogP contribution in [0.1, 0.15) is 48.2 Å². The average molecular weight is 367 g/mol. The van der Waals surface area contributed by atoms with Crippen LogP contribution in [0.4, 0.5) is 0 Å². The first-order valence-corrected chi connectivity index (χ1v) is 9.13. The molecule has 2 aromatic carbocycles. The van der Waals surface area contributed by atoms with E-state index in [1.807, 2.05) is 26.0 Å². The summed E-state index contributed by atoms with van der Waals surface area (Å²) in [6.07, 6.45) is 2.47. The molecule has 27 heavy (non-hydrogen) atoms. The largest absolute Gasteiger partial charge is 0.504 e. The number of hydrogen-bond donors (Lipinski definition) is 1. The number of hydrogen-bond acceptors (Lipinski definition) is 5. The number of ether oxygens (including phenoxy) is 2. The molecule has 3 rings (SSSR count). The maximum Gasteiger partial charge on any atom is 0.193 e. The van der Waals surface area contributed by atoms with Crippen LogP contribution in [-0.4, -0.2) is 30.3 Å². The van der Waals surface area contributed by atoms with E-state index < -0.39 is 0 Å². The molecule has 142 valence electrons. The maximum atomic E-state index is 13.0. The summed E-state index contributed by atoms with van der Waals surface area (Å²) in [5.74, 6) is 1.54. The summed E-state index contributed by atoms with van der Waals surface area (Å²) in [5, 5.41) is 10.1. The number of ketones is 1. The van der Waals surface area contributed by atoms with Crippen molar-refractivity contribution in [2.45, 2.75) is 33.2 Å². The molecule has 0 unspecified atom stereocenters. The summed E-state index contributed by atoms with van der Waals surface area (Å²) in [5.41, 5.74) is 2.59. The zero-order valence-electron chi connectivity index (χ0n) is 16.0. The summed E-state index contributed by atoms with van der Waals surface area (Å²) in [7, 11) is 1.48. The summed E-state index contributed by atoms with van der Waals surface area (Å²) in [4.78, 5) is 17.4. The fourth-order valence-electron chi connectivity index (χ4n) is 2.72. The minimum Gasteiger partial charge on any atom is -0.504 e. The molecular weight excluding hydrogens is 342 g/mol. The van der Waals surface area contributed by atoms with Gasteiger partial charge in [-0.3, -0.25) is 9.79 Å². The Morgan fingerprint density at radius 1 is 1.19 bits per heavy atom. The van der Waals surface area contributed by atoms with Gasteiger partial charge < -0.3 is 14.6 Å². The lowest BCUT2D eigenvalue weighted by Gasteiger charge is -2.12. The zero-order chi connectivity index (χ0) is 19.4. The molecule has 5 heteroatoms. The normalized spacial score (nSPS) is 13.1. The number of aromatic hydroxyl groups is 1. The first-order chi connectivity index (χ1) is 13.0. The summed E-state index contributed by atoms with van der Waals surface area (Å²) in [6.45, 7) is 4.89. The number of benzene rings is 2. The smallest absolute Gasteiger partial charge is 0.193 e. The number of phenols is 1. The second-order valence-corrected chi connectivity index (χ2v) is 7.05. The van der Waals surface area contributed by atoms with Gasteiger partial charge in [-0.25, -0.2) is 0 Å². The standard InChI is InChI=1S/C22H25NO4/c1-14(2)23-12-17-10-21(26-3)20(24)11-19(17)22(25)16-6-8-18(9-7-16)27-13-15-4-5-15/h6-11,15,24H,4-5,12-13H2,1-3H3. The van der Waals surface area contributed by atoms with Crippen LogP contribution in [0.5, 0.6) is 17.2 Å². The van der Waals surface area contributed by atoms with Gasteiger partial charge in [0.2, 0.25) is 0 Å². The highest BCUT2D eigenvalue weighted by atomic mass is 16.5. The van der Waals surface area contributed by atoms with E-state index in [9.17, 15) is 9.90 Å². The second kappa shape index (κ2) is 8.25. The quantitative estimate of drug-likeness (QED) is 0.555. The van der Waals surface area contributed by atoms with E-state index in [0.29, 0.717) is 34.9 Å². The molecule has 1 aliphatic rings. The van der Waals surface area contributed by atoms with Crippen molar-refractivity contribution in [2.75, 3.05) is 13.7 Å². The van der Waals surface area contributed by atoms with E-state index in [-0.39, 0.29) is 11.5 Å². The van der Waals surface area contributed by atoms with Crippen LogP contribution < -0.4 is 9.47 Å². The molecule has 0 heterocycles. The van der Waals surface area contributed by atoms with Crippen LogP contribution in [0.25, 0.3) is 0 Å². The zero-order valence-corrected chi connectivity index (χ0v) is 16.0. The molecule has 0 saturated heterocycles. The Labute approximate surface area is 159 Å². The number of nitrogens with zero attached hydrogens (tertiary/aromatic N) is 1. The van der Waals surface area contributed by atoms with Gasteiger partial charge in [0.05, 0.1) is 20.3 Å². The van der Waals surface area contributed by atoms with Gasteiger partial charge in [-0.2, -0.15) is 0 Å². The minimum atomic E-state index is -0.166. The molecule has 1 fully saturated rings. The number of aliphatic imine (C=N–C) groups is 1. The highest BCUT2D eigenvalue weighted by molar-refractivity contribution is 6.10. The highest BCUT2D eigenvalue weighted by Gasteiger charge is 2.22. The van der Waals surface area contributed by atoms with Crippen molar-refractivity contribution in [2.24, 2.45) is 10.9 Å². The van der Waals surface area contributed by atoms with Gasteiger partial charge in [-0.15, -0.1) is 0 Å². The number of rotatable bonds is 8. The maximum absolute atomic E-state index is 13.0. The Morgan fingerprint density at radius 2 is 1.89 bits per heavy atom. The van der Waals surface area contributed by atoms with Crippen molar-refractivity contribution in [3.8, 4) is 17.2 Å². The lowest BCUT2D eigenvalue weighted by atomic mass is 9.97. The molecule has 2 aromatic rings. The molecular formula is C22H25NO4. The molecule has 1 saturated carbocycles. The molecule has 0 spiro atoms. The lowest BCUT2D eigenvalue weighted by Crippen LogP contribution is -2.07. The van der Waals surface area contributed by atoms with Crippen molar-refractivity contribution in [1.29, 1.82) is 0 Å². The SMILES string of the molecule is COc1cc(CN=C(C)C)c(C(=O)c2ccc(OCC3CC3)cc2)cc1O. The number of methoxy groups -OCH3 is 1. The molecule has 0 amide bonds. The molecule has 0 aliphatic heterocycles. The van der Waals surface area contributed by atoms with Crippen LogP contribution in [0.15, 0.2) is 41.4 Å². The number of carbonyl (C=O) groups is 1. The lowest BCUT2D eigenvalue weighted by molar-refractivity contribution is 0.103. The molecule has 1 N–H and O–H groups in total. The second-order valence-electron chi connectivity index (χ2n) is 7.05. The Bertz CT molecular complexity index is 847. The van der Waals surface area contributed by atoms with Crippen molar-refractivity contribution in [3.63, 3.8) is 0 Å². The summed E-state index contributed by atoms with van der Waals surface area (Å²) >= 11 is 0. The molecule has 5 nitrogen and oxygen atoms in total. The van der Waals surface area contributed by atoms with Gasteiger partial charge in [-0.05, 0) is 74.6 Å². The highest BCUT2D eigenvalue weighted by Crippen LogP contribution is 2.32. The average Bonchev–Trinajstić information content (AvgIpc) is 3.49. The first kappa shape index (κ1) is 19.0. The van der Waals surface area contributed by atoms with Crippen LogP contribution in [0, 0.1) is 5.92 Å². The number of phenolic OH excluding ortho intramolecular Hbond substituents is 1. The molecule has 0 atom stereocenters. The van der Waals surface area contributed by atoms with Crippen molar-refractivity contribution in [1.82, 2.24) is 0 Å². The van der Waals surface area contributed by atoms with Crippen molar-refractivity contribution < 1.29 is 19.4 Å². The van der Waals surface area contributed by atoms with Crippen LogP contribution in [0.3, 0.4) is 0 Å². The monoisotopic (exact) mass is 367 g/mol. The van der Waals surface area contributed by atoms with Crippen LogP contribution in [0.2, 0.25) is 0 Å². The third-order valence-corrected chi connectivity index (χ3v) is 4.51. The van der Waals surface area contributed by atoms with E-state index in [4.69, 9.17) is 9.47 Å². The number of carbonyl (C=O) groups excluding carboxylic acids is 1. The van der Waals surface area contributed by atoms with Gasteiger partial charge >= 0.3 is 0 Å². The Kier molecular flexibility index (Phi) is 5.79. The van der Waals surface area contributed by atoms with E-state index in [0.717, 1.165) is 18.1 Å². The Morgan fingerprint density at radius 3 is 2.48 bits per heavy atom. The molecule has 1 aliphatic carbocycles. The van der Waals surface area contributed by atoms with Crippen molar-refractivity contribution >= 4 is 11.5 Å². The van der Waals surface area contributed by atoms with E-state index in [1.165, 1.54) is 26.0 Å². The predicted octanol–water partition coefficient (Wildman–Crippen LogP) is 4.40. The summed E-state index contributed by atoms with van der Waals surface area (Å²) in [6, 6.07) is 10.3. The van der Waals surface area contributed by atoms with E-state index >= 15 is 0 Å². The van der Waals surface area contributed by atoms with Gasteiger partial charge in [0.1, 0.15) is 5.75 Å². The van der Waals surface area contributed by atoms with E-state index in [1.54, 1.807) is 18.2 Å². The fraction of sp³-hybridized carbons (Fsp3) is 0.364. The topological polar surface area (TPSA) is 68.1 Å². The van der Waals surface area contributed by atoms with Crippen LogP contribution >= 0.6 is 0 Å². The van der Waals surface area contributed by atoms with Gasteiger partial charge in [0, 0.05) is 16.8 Å². The Hall–Kier alpha value is -2.82. The van der Waals surface area contributed by atoms with Gasteiger partial charge in [0.25, 0.3) is 0 Å². The first-order valence-electron chi connectivity index (χ1n) is 9.13. The molecule has 0 aromatic heterocycles. The third kappa shape index (κ3) is 4.88. The van der Waals surface area contributed by atoms with Gasteiger partial charge in [-0.1, -0.05) is 0 Å². The fourth-order valence-corrected chi connectivity index (χ4v) is 2.72. The predicted molar refractivity (Wildman–Crippen MR) is 105 cm³/mol. The Balaban J connectivity index is 1.85. The summed E-state index contributed by atoms with van der Waals surface area (Å²) < 4.78 is 10.9. The third-order valence-electron chi connectivity index (χ3n) is 4.51. The molecule has 0 bridgehead atoms. The van der Waals surface area contributed by atoms with Crippen LogP contribution in [-0.2, 0) is 6.54 Å². The minimum absolute atomic E-state index is 0.0637. The van der Waals surface area contributed by atoms with Gasteiger partial charge in [0.15, 0.2) is 17.3 Å². The van der Waals surface area contributed by atoms with Crippen molar-refractivity contribution in [3.05, 3.63) is 53.1 Å².